The van der Waals surface area contributed by atoms with Gasteiger partial charge in [-0.1, -0.05) is 242 Å². The molecule has 0 saturated heterocycles. The molecule has 0 aliphatic rings. The van der Waals surface area contributed by atoms with Crippen LogP contribution in [0.5, 0.6) is 0 Å². The fraction of sp³-hybridized carbons (Fsp3) is 0.814. The van der Waals surface area contributed by atoms with E-state index in [2.05, 4.69) is 67.8 Å². The summed E-state index contributed by atoms with van der Waals surface area (Å²) < 4.78 is 23.7. The Balaban J connectivity index is 4.28. The summed E-state index contributed by atoms with van der Waals surface area (Å²) in [6.07, 6.45) is 67.5. The first kappa shape index (κ1) is 66.2. The van der Waals surface area contributed by atoms with Crippen molar-refractivity contribution in [3.63, 3.8) is 0 Å². The van der Waals surface area contributed by atoms with E-state index in [9.17, 15) is 19.4 Å². The van der Waals surface area contributed by atoms with Crippen molar-refractivity contribution in [1.29, 1.82) is 0 Å². The summed E-state index contributed by atoms with van der Waals surface area (Å²) >= 11 is 0. The number of aliphatic hydroxyl groups excluding tert-OH is 1. The molecule has 9 heteroatoms. The number of hydrogen-bond donors (Lipinski definition) is 3. The Morgan fingerprint density at radius 3 is 1.28 bits per heavy atom. The van der Waals surface area contributed by atoms with E-state index in [0.29, 0.717) is 17.4 Å². The number of hydrogen-bond acceptors (Lipinski definition) is 5. The van der Waals surface area contributed by atoms with Crippen molar-refractivity contribution in [1.82, 2.24) is 5.32 Å². The van der Waals surface area contributed by atoms with Gasteiger partial charge in [-0.15, -0.1) is 0 Å². The topological polar surface area (TPSA) is 105 Å². The number of quaternary nitrogens is 1. The maximum atomic E-state index is 13.0. The zero-order valence-electron chi connectivity index (χ0n) is 45.3. The zero-order chi connectivity index (χ0) is 49.9. The van der Waals surface area contributed by atoms with Crippen molar-refractivity contribution < 1.29 is 32.9 Å². The molecule has 68 heavy (non-hydrogen) atoms. The molecule has 398 valence electrons. The molecule has 0 rings (SSSR count). The number of carbonyl (C=O) groups excluding carboxylic acids is 1. The second kappa shape index (κ2) is 50.2. The van der Waals surface area contributed by atoms with Crippen LogP contribution < -0.4 is 5.32 Å². The summed E-state index contributed by atoms with van der Waals surface area (Å²) in [5.74, 6) is -0.190. The molecule has 0 bridgehead atoms. The highest BCUT2D eigenvalue weighted by Crippen LogP contribution is 2.43. The molecule has 0 aliphatic carbocycles. The molecule has 0 aromatic heterocycles. The highest BCUT2D eigenvalue weighted by Gasteiger charge is 2.27. The predicted octanol–water partition coefficient (Wildman–Crippen LogP) is 17.3. The molecule has 3 atom stereocenters. The van der Waals surface area contributed by atoms with E-state index in [1.807, 2.05) is 27.2 Å². The first-order valence-electron chi connectivity index (χ1n) is 28.7. The van der Waals surface area contributed by atoms with Crippen molar-refractivity contribution in [2.24, 2.45) is 0 Å². The van der Waals surface area contributed by atoms with Crippen LogP contribution in [0, 0.1) is 0 Å². The van der Waals surface area contributed by atoms with Gasteiger partial charge in [0.15, 0.2) is 0 Å². The van der Waals surface area contributed by atoms with Crippen LogP contribution >= 0.6 is 7.82 Å². The molecule has 0 aromatic rings. The molecule has 8 nitrogen and oxygen atoms in total. The van der Waals surface area contributed by atoms with Gasteiger partial charge >= 0.3 is 7.82 Å². The Labute approximate surface area is 422 Å². The van der Waals surface area contributed by atoms with Gasteiger partial charge in [0.25, 0.3) is 0 Å². The second-order valence-electron chi connectivity index (χ2n) is 20.7. The average Bonchev–Trinajstić information content (AvgIpc) is 3.30. The molecular weight excluding hydrogens is 864 g/mol. The maximum Gasteiger partial charge on any atom is 0.472 e. The van der Waals surface area contributed by atoms with Crippen molar-refractivity contribution in [2.75, 3.05) is 40.9 Å². The predicted molar refractivity (Wildman–Crippen MR) is 295 cm³/mol. The lowest BCUT2D eigenvalue weighted by Crippen LogP contribution is -2.45. The minimum atomic E-state index is -4.36. The number of carbonyl (C=O) groups is 1. The number of unbranched alkanes of at least 4 members (excludes halogenated alkanes) is 31. The van der Waals surface area contributed by atoms with Crippen LogP contribution in [0.15, 0.2) is 60.8 Å². The van der Waals surface area contributed by atoms with Gasteiger partial charge in [-0.05, 0) is 70.6 Å². The molecule has 3 N–H and O–H groups in total. The standard InChI is InChI=1S/C59H111N2O6P/c1-6-8-10-12-14-16-18-20-22-24-26-28-29-30-31-33-35-37-39-41-43-45-47-49-51-53-59(63)60-57(56-67-68(64,65)66-55-54-61(3,4)5)58(62)52-50-48-46-44-42-40-38-36-34-32-27-25-23-21-19-17-15-13-11-9-7-2/h18,20,24,26,29-30,42,44,50,52,57-58,62H,6-17,19,21-23,25,27-28,31-41,43,45-49,51,53-56H2,1-5H3,(H-,60,63,64,65)/p+1/b20-18-,26-24-,30-29-,44-42+,52-50+. The fourth-order valence-electron chi connectivity index (χ4n) is 8.18. The summed E-state index contributed by atoms with van der Waals surface area (Å²) in [7, 11) is 1.55. The molecule has 3 unspecified atom stereocenters. The van der Waals surface area contributed by atoms with Crippen molar-refractivity contribution in [3.8, 4) is 0 Å². The van der Waals surface area contributed by atoms with Gasteiger partial charge < -0.3 is 19.8 Å². The number of rotatable bonds is 52. The number of phosphoric acid groups is 1. The largest absolute Gasteiger partial charge is 0.472 e. The number of nitrogens with zero attached hydrogens (tertiary/aromatic N) is 1. The van der Waals surface area contributed by atoms with Crippen LogP contribution in [0.1, 0.15) is 258 Å². The Morgan fingerprint density at radius 2 is 0.853 bits per heavy atom. The van der Waals surface area contributed by atoms with Crippen LogP contribution in [0.3, 0.4) is 0 Å². The molecule has 0 heterocycles. The normalized spacial score (nSPS) is 14.4. The van der Waals surface area contributed by atoms with E-state index < -0.39 is 20.0 Å². The summed E-state index contributed by atoms with van der Waals surface area (Å²) in [5.41, 5.74) is 0. The highest BCUT2D eigenvalue weighted by atomic mass is 31.2. The smallest absolute Gasteiger partial charge is 0.387 e. The molecule has 0 fully saturated rings. The monoisotopic (exact) mass is 976 g/mol. The molecule has 0 aliphatic heterocycles. The van der Waals surface area contributed by atoms with Gasteiger partial charge in [0.1, 0.15) is 13.2 Å². The SMILES string of the molecule is CCCCCCC/C=C\C/C=C\C/C=C\CCCCCCCCCCCCC(=O)NC(COP(=O)(O)OCC[N+](C)(C)C)C(O)/C=C/CC/C=C/CCCCCCCCCCCCCCCCC. The van der Waals surface area contributed by atoms with E-state index >= 15 is 0 Å². The van der Waals surface area contributed by atoms with Crippen LogP contribution in [0.2, 0.25) is 0 Å². The van der Waals surface area contributed by atoms with Gasteiger partial charge in [0.2, 0.25) is 5.91 Å². The minimum absolute atomic E-state index is 0.0537. The minimum Gasteiger partial charge on any atom is -0.387 e. The van der Waals surface area contributed by atoms with Crippen LogP contribution in [0.25, 0.3) is 0 Å². The highest BCUT2D eigenvalue weighted by molar-refractivity contribution is 7.47. The van der Waals surface area contributed by atoms with E-state index in [1.54, 1.807) is 6.08 Å². The summed E-state index contributed by atoms with van der Waals surface area (Å²) in [4.78, 5) is 23.3. The quantitative estimate of drug-likeness (QED) is 0.0243. The van der Waals surface area contributed by atoms with Crippen molar-refractivity contribution >= 4 is 13.7 Å². The number of likely N-dealkylation sites (N-methyl/N-ethyl adjacent to an activating group) is 1. The lowest BCUT2D eigenvalue weighted by atomic mass is 10.0. The number of phosphoric ester groups is 1. The van der Waals surface area contributed by atoms with Gasteiger partial charge in [-0.2, -0.15) is 0 Å². The van der Waals surface area contributed by atoms with E-state index in [1.165, 1.54) is 186 Å². The van der Waals surface area contributed by atoms with Crippen molar-refractivity contribution in [2.45, 2.75) is 270 Å². The van der Waals surface area contributed by atoms with Crippen molar-refractivity contribution in [3.05, 3.63) is 60.8 Å². The molecule has 1 amide bonds. The first-order chi connectivity index (χ1) is 33.0. The van der Waals surface area contributed by atoms with E-state index in [0.717, 1.165) is 51.4 Å². The third kappa shape index (κ3) is 52.0. The summed E-state index contributed by atoms with van der Waals surface area (Å²) in [5, 5.41) is 13.9. The fourth-order valence-corrected chi connectivity index (χ4v) is 8.92. The van der Waals surface area contributed by atoms with E-state index in [4.69, 9.17) is 9.05 Å². The molecule has 0 aromatic carbocycles. The molecule has 0 radical (unpaired) electrons. The average molecular weight is 977 g/mol. The number of amides is 1. The Hall–Kier alpha value is -1.80. The van der Waals surface area contributed by atoms with Gasteiger partial charge in [0.05, 0.1) is 39.9 Å². The second-order valence-corrected chi connectivity index (χ2v) is 22.1. The summed E-state index contributed by atoms with van der Waals surface area (Å²) in [6.45, 7) is 4.80. The van der Waals surface area contributed by atoms with Gasteiger partial charge in [-0.25, -0.2) is 4.57 Å². The third-order valence-electron chi connectivity index (χ3n) is 12.7. The Morgan fingerprint density at radius 1 is 0.500 bits per heavy atom. The van der Waals surface area contributed by atoms with Crippen LogP contribution in [-0.4, -0.2) is 73.4 Å². The number of nitrogens with one attached hydrogen (secondary N) is 1. The maximum absolute atomic E-state index is 13.0. The summed E-state index contributed by atoms with van der Waals surface area (Å²) in [6, 6.07) is -0.868. The third-order valence-corrected chi connectivity index (χ3v) is 13.7. The first-order valence-corrected chi connectivity index (χ1v) is 30.2. The van der Waals surface area contributed by atoms with Crippen LogP contribution in [-0.2, 0) is 18.4 Å². The molecular formula is C59H112N2O6P+. The molecule has 0 spiro atoms. The lowest BCUT2D eigenvalue weighted by molar-refractivity contribution is -0.870. The van der Waals surface area contributed by atoms with E-state index in [-0.39, 0.29) is 19.1 Å². The van der Waals surface area contributed by atoms with Gasteiger partial charge in [-0.3, -0.25) is 13.8 Å². The Kier molecular flexibility index (Phi) is 48.8. The zero-order valence-corrected chi connectivity index (χ0v) is 46.2. The Bertz CT molecular complexity index is 1290. The lowest BCUT2D eigenvalue weighted by Gasteiger charge is -2.25. The number of aliphatic hydroxyl groups is 1. The molecule has 0 saturated carbocycles. The number of allylic oxidation sites excluding steroid dienone is 9. The van der Waals surface area contributed by atoms with Gasteiger partial charge in [0, 0.05) is 6.42 Å². The van der Waals surface area contributed by atoms with Crippen LogP contribution in [0.4, 0.5) is 0 Å².